The number of hydrogen-bond donors (Lipinski definition) is 1. The van der Waals surface area contributed by atoms with Crippen molar-refractivity contribution in [3.05, 3.63) is 59.5 Å². The zero-order valence-corrected chi connectivity index (χ0v) is 15.8. The number of nitrogens with zero attached hydrogens (tertiary/aromatic N) is 5. The second kappa shape index (κ2) is 8.64. The average Bonchev–Trinajstić information content (AvgIpc) is 2.93. The molecule has 3 aromatic rings. The van der Waals surface area contributed by atoms with Gasteiger partial charge in [-0.2, -0.15) is 5.10 Å². The molecule has 2 aromatic heterocycles. The van der Waals surface area contributed by atoms with E-state index >= 15 is 0 Å². The van der Waals surface area contributed by atoms with Gasteiger partial charge in [-0.05, 0) is 24.3 Å². The summed E-state index contributed by atoms with van der Waals surface area (Å²) in [5, 5.41) is 13.2. The zero-order chi connectivity index (χ0) is 17.8. The molecule has 3 rings (SSSR count). The molecule has 1 aromatic carbocycles. The Labute approximate surface area is 162 Å². The molecule has 9 heteroatoms. The van der Waals surface area contributed by atoms with Crippen LogP contribution in [0.4, 0.5) is 17.2 Å². The molecule has 0 aliphatic carbocycles. The van der Waals surface area contributed by atoms with E-state index in [4.69, 9.17) is 22.1 Å². The molecule has 26 heavy (non-hydrogen) atoms. The Kier molecular flexibility index (Phi) is 6.54. The number of hydrogen-bond acceptors (Lipinski definition) is 5. The maximum Gasteiger partial charge on any atom is 0.173 e. The number of pyridine rings is 1. The standard InChI is InChI=1S/C17H18ClN6O.ClH/c1-23-7-3-4-12(10-23)11-24-17(19)15(9-20-24)22-21-14-8-13(18)5-6-16(14)25-2;/h3-10H,11,19H2,1-2H3;1H/q+1;/p-1/b22-21+;. The highest BCUT2D eigenvalue weighted by atomic mass is 35.5. The van der Waals surface area contributed by atoms with Crippen LogP contribution in [0, 0.1) is 0 Å². The maximum absolute atomic E-state index is 6.14. The molecule has 0 radical (unpaired) electrons. The first kappa shape index (κ1) is 19.7. The fourth-order valence-electron chi connectivity index (χ4n) is 2.35. The number of ether oxygens (including phenoxy) is 1. The van der Waals surface area contributed by atoms with E-state index in [9.17, 15) is 0 Å². The van der Waals surface area contributed by atoms with Gasteiger partial charge in [-0.1, -0.05) is 11.6 Å². The lowest BCUT2D eigenvalue weighted by Crippen LogP contribution is -3.00. The first-order valence-corrected chi connectivity index (χ1v) is 7.95. The van der Waals surface area contributed by atoms with Gasteiger partial charge < -0.3 is 22.9 Å². The van der Waals surface area contributed by atoms with Crippen LogP contribution in [0.25, 0.3) is 0 Å². The van der Waals surface area contributed by atoms with Crippen molar-refractivity contribution in [1.29, 1.82) is 0 Å². The Bertz CT molecular complexity index is 925. The van der Waals surface area contributed by atoms with Gasteiger partial charge in [0.25, 0.3) is 0 Å². The number of aryl methyl sites for hydroxylation is 1. The van der Waals surface area contributed by atoms with Gasteiger partial charge in [-0.15, -0.1) is 10.2 Å². The summed E-state index contributed by atoms with van der Waals surface area (Å²) in [4.78, 5) is 0. The fraction of sp³-hybridized carbons (Fsp3) is 0.176. The summed E-state index contributed by atoms with van der Waals surface area (Å²) >= 11 is 5.99. The van der Waals surface area contributed by atoms with Crippen molar-refractivity contribution in [2.45, 2.75) is 6.54 Å². The van der Waals surface area contributed by atoms with Crippen molar-refractivity contribution >= 4 is 28.8 Å². The lowest BCUT2D eigenvalue weighted by atomic mass is 10.3. The molecule has 2 heterocycles. The molecule has 2 N–H and O–H groups in total. The van der Waals surface area contributed by atoms with Crippen LogP contribution in [-0.2, 0) is 13.6 Å². The van der Waals surface area contributed by atoms with Crippen molar-refractivity contribution in [3.8, 4) is 5.75 Å². The number of halogens is 2. The Morgan fingerprint density at radius 2 is 2.04 bits per heavy atom. The summed E-state index contributed by atoms with van der Waals surface area (Å²) in [6.45, 7) is 0.552. The highest BCUT2D eigenvalue weighted by Crippen LogP contribution is 2.32. The van der Waals surface area contributed by atoms with E-state index in [-0.39, 0.29) is 12.4 Å². The molecular weight excluding hydrogens is 375 g/mol. The summed E-state index contributed by atoms with van der Waals surface area (Å²) in [5.41, 5.74) is 8.23. The van der Waals surface area contributed by atoms with Crippen LogP contribution in [0.15, 0.2) is 59.2 Å². The highest BCUT2D eigenvalue weighted by Gasteiger charge is 2.10. The van der Waals surface area contributed by atoms with Crippen LogP contribution in [0.5, 0.6) is 5.75 Å². The van der Waals surface area contributed by atoms with Crippen LogP contribution in [0.1, 0.15) is 5.56 Å². The predicted octanol–water partition coefficient (Wildman–Crippen LogP) is 0.420. The molecule has 0 aliphatic rings. The van der Waals surface area contributed by atoms with Gasteiger partial charge in [0.05, 0.1) is 19.9 Å². The van der Waals surface area contributed by atoms with Crippen LogP contribution < -0.4 is 27.4 Å². The molecule has 0 saturated carbocycles. The molecule has 0 fully saturated rings. The molecule has 0 saturated heterocycles. The van der Waals surface area contributed by atoms with Gasteiger partial charge in [-0.25, -0.2) is 9.25 Å². The quantitative estimate of drug-likeness (QED) is 0.504. The van der Waals surface area contributed by atoms with Crippen LogP contribution in [0.3, 0.4) is 0 Å². The molecule has 0 unspecified atom stereocenters. The molecule has 136 valence electrons. The number of nitrogen functional groups attached to an aromatic ring is 1. The van der Waals surface area contributed by atoms with E-state index in [0.29, 0.717) is 34.5 Å². The molecule has 0 atom stereocenters. The Hall–Kier alpha value is -2.64. The number of nitrogens with two attached hydrogens (primary N) is 1. The number of benzene rings is 1. The van der Waals surface area contributed by atoms with E-state index in [2.05, 4.69) is 15.3 Å². The Morgan fingerprint density at radius 1 is 1.27 bits per heavy atom. The average molecular weight is 393 g/mol. The summed E-state index contributed by atoms with van der Waals surface area (Å²) in [5.74, 6) is 1.02. The van der Waals surface area contributed by atoms with Gasteiger partial charge in [-0.3, -0.25) is 0 Å². The van der Waals surface area contributed by atoms with Crippen molar-refractivity contribution in [2.75, 3.05) is 12.8 Å². The van der Waals surface area contributed by atoms with Crippen molar-refractivity contribution in [2.24, 2.45) is 17.3 Å². The summed E-state index contributed by atoms with van der Waals surface area (Å²) in [6, 6.07) is 9.12. The topological polar surface area (TPSA) is 81.7 Å². The third-order valence-electron chi connectivity index (χ3n) is 3.60. The lowest BCUT2D eigenvalue weighted by molar-refractivity contribution is -0.671. The summed E-state index contributed by atoms with van der Waals surface area (Å²) < 4.78 is 8.90. The van der Waals surface area contributed by atoms with Gasteiger partial charge in [0.1, 0.15) is 30.0 Å². The van der Waals surface area contributed by atoms with Crippen LogP contribution >= 0.6 is 11.6 Å². The van der Waals surface area contributed by atoms with E-state index in [1.54, 1.807) is 36.2 Å². The SMILES string of the molecule is COc1ccc(Cl)cc1/N=N/c1cnn(Cc2ccc[n+](C)c2)c1N.[Cl-]. The zero-order valence-electron chi connectivity index (χ0n) is 14.3. The Morgan fingerprint density at radius 3 is 2.77 bits per heavy atom. The molecule has 0 amide bonds. The minimum absolute atomic E-state index is 0. The number of azo groups is 1. The fourth-order valence-corrected chi connectivity index (χ4v) is 2.52. The van der Waals surface area contributed by atoms with Crippen molar-refractivity contribution < 1.29 is 21.7 Å². The van der Waals surface area contributed by atoms with Gasteiger partial charge in [0.15, 0.2) is 12.4 Å². The summed E-state index contributed by atoms with van der Waals surface area (Å²) in [7, 11) is 3.53. The largest absolute Gasteiger partial charge is 1.00 e. The van der Waals surface area contributed by atoms with Crippen LogP contribution in [-0.4, -0.2) is 16.9 Å². The Balaban J connectivity index is 0.00000243. The van der Waals surface area contributed by atoms with Crippen molar-refractivity contribution in [1.82, 2.24) is 9.78 Å². The highest BCUT2D eigenvalue weighted by molar-refractivity contribution is 6.30. The maximum atomic E-state index is 6.14. The minimum atomic E-state index is 0. The number of anilines is 1. The van der Waals surface area contributed by atoms with Gasteiger partial charge in [0.2, 0.25) is 0 Å². The second-order valence-corrected chi connectivity index (χ2v) is 5.90. The molecular formula is C17H18Cl2N6O. The number of methoxy groups -OCH3 is 1. The monoisotopic (exact) mass is 392 g/mol. The predicted molar refractivity (Wildman–Crippen MR) is 95.5 cm³/mol. The number of rotatable bonds is 5. The summed E-state index contributed by atoms with van der Waals surface area (Å²) in [6.07, 6.45) is 5.56. The minimum Gasteiger partial charge on any atom is -1.00 e. The number of aromatic nitrogens is 3. The van der Waals surface area contributed by atoms with Crippen molar-refractivity contribution in [3.63, 3.8) is 0 Å². The third kappa shape index (κ3) is 4.50. The normalized spacial score (nSPS) is 10.7. The van der Waals surface area contributed by atoms with E-state index < -0.39 is 0 Å². The molecule has 0 aliphatic heterocycles. The molecule has 0 spiro atoms. The van der Waals surface area contributed by atoms with E-state index in [0.717, 1.165) is 5.56 Å². The smallest absolute Gasteiger partial charge is 0.173 e. The first-order valence-electron chi connectivity index (χ1n) is 7.57. The van der Waals surface area contributed by atoms with Gasteiger partial charge >= 0.3 is 0 Å². The third-order valence-corrected chi connectivity index (χ3v) is 3.83. The molecule has 0 bridgehead atoms. The van der Waals surface area contributed by atoms with E-state index in [1.807, 2.05) is 36.1 Å². The van der Waals surface area contributed by atoms with E-state index in [1.165, 1.54) is 0 Å². The lowest BCUT2D eigenvalue weighted by Gasteiger charge is -2.04. The first-order chi connectivity index (χ1) is 12.1. The second-order valence-electron chi connectivity index (χ2n) is 5.47. The van der Waals surface area contributed by atoms with Gasteiger partial charge in [0, 0.05) is 16.7 Å². The molecule has 7 nitrogen and oxygen atoms in total. The van der Waals surface area contributed by atoms with Crippen LogP contribution in [0.2, 0.25) is 5.02 Å².